The van der Waals surface area contributed by atoms with Gasteiger partial charge < -0.3 is 16.0 Å². The molecular formula is C12H21N3. The van der Waals surface area contributed by atoms with Crippen molar-refractivity contribution in [2.24, 2.45) is 0 Å². The lowest BCUT2D eigenvalue weighted by molar-refractivity contribution is 0.396. The molecule has 0 atom stereocenters. The fourth-order valence-electron chi connectivity index (χ4n) is 1.43. The SMILES string of the molecule is CN(C)CCCCNc1ccccc1N. The summed E-state index contributed by atoms with van der Waals surface area (Å²) in [5.74, 6) is 0. The molecule has 0 aliphatic heterocycles. The Morgan fingerprint density at radius 3 is 2.60 bits per heavy atom. The minimum atomic E-state index is 0.824. The molecule has 0 fully saturated rings. The van der Waals surface area contributed by atoms with Gasteiger partial charge in [-0.1, -0.05) is 12.1 Å². The average Bonchev–Trinajstić information content (AvgIpc) is 2.20. The molecule has 0 saturated heterocycles. The third-order valence-corrected chi connectivity index (χ3v) is 2.31. The van der Waals surface area contributed by atoms with Crippen LogP contribution in [0.3, 0.4) is 0 Å². The first-order valence-electron chi connectivity index (χ1n) is 5.43. The number of nitrogens with zero attached hydrogens (tertiary/aromatic N) is 1. The second-order valence-electron chi connectivity index (χ2n) is 4.02. The highest BCUT2D eigenvalue weighted by Gasteiger charge is 1.96. The zero-order chi connectivity index (χ0) is 11.1. The zero-order valence-electron chi connectivity index (χ0n) is 9.66. The lowest BCUT2D eigenvalue weighted by Crippen LogP contribution is -2.14. The van der Waals surface area contributed by atoms with Crippen LogP contribution < -0.4 is 11.1 Å². The molecule has 3 N–H and O–H groups in total. The van der Waals surface area contributed by atoms with Crippen LogP contribution in [0.5, 0.6) is 0 Å². The monoisotopic (exact) mass is 207 g/mol. The standard InChI is InChI=1S/C12H21N3/c1-15(2)10-6-5-9-14-12-8-4-3-7-11(12)13/h3-4,7-8,14H,5-6,9-10,13H2,1-2H3. The Morgan fingerprint density at radius 1 is 1.20 bits per heavy atom. The Hall–Kier alpha value is -1.22. The van der Waals surface area contributed by atoms with Crippen LogP contribution in [0.2, 0.25) is 0 Å². The van der Waals surface area contributed by atoms with E-state index in [9.17, 15) is 0 Å². The van der Waals surface area contributed by atoms with Crippen LogP contribution in [-0.2, 0) is 0 Å². The van der Waals surface area contributed by atoms with Gasteiger partial charge in [0, 0.05) is 6.54 Å². The molecule has 0 bridgehead atoms. The summed E-state index contributed by atoms with van der Waals surface area (Å²) in [5, 5.41) is 3.34. The van der Waals surface area contributed by atoms with E-state index in [1.807, 2.05) is 24.3 Å². The lowest BCUT2D eigenvalue weighted by Gasteiger charge is -2.11. The molecule has 1 rings (SSSR count). The first kappa shape index (κ1) is 11.9. The third-order valence-electron chi connectivity index (χ3n) is 2.31. The average molecular weight is 207 g/mol. The van der Waals surface area contributed by atoms with Gasteiger partial charge in [-0.05, 0) is 45.6 Å². The van der Waals surface area contributed by atoms with Crippen LogP contribution in [0.25, 0.3) is 0 Å². The van der Waals surface area contributed by atoms with E-state index < -0.39 is 0 Å². The van der Waals surface area contributed by atoms with Crippen LogP contribution in [0.4, 0.5) is 11.4 Å². The van der Waals surface area contributed by atoms with Gasteiger partial charge >= 0.3 is 0 Å². The maximum Gasteiger partial charge on any atom is 0.0573 e. The van der Waals surface area contributed by atoms with Crippen molar-refractivity contribution in [3.8, 4) is 0 Å². The number of hydrogen-bond acceptors (Lipinski definition) is 3. The number of nitrogen functional groups attached to an aromatic ring is 1. The number of benzene rings is 1. The molecule has 0 aliphatic rings. The Bertz CT molecular complexity index is 284. The van der Waals surface area contributed by atoms with Gasteiger partial charge in [-0.3, -0.25) is 0 Å². The summed E-state index contributed by atoms with van der Waals surface area (Å²) in [6.45, 7) is 2.13. The van der Waals surface area contributed by atoms with Gasteiger partial charge in [0.2, 0.25) is 0 Å². The first-order valence-corrected chi connectivity index (χ1v) is 5.43. The van der Waals surface area contributed by atoms with Gasteiger partial charge in [0.05, 0.1) is 11.4 Å². The summed E-state index contributed by atoms with van der Waals surface area (Å²) in [5.41, 5.74) is 7.68. The first-order chi connectivity index (χ1) is 7.20. The zero-order valence-corrected chi connectivity index (χ0v) is 9.66. The third kappa shape index (κ3) is 4.70. The van der Waals surface area contributed by atoms with Crippen LogP contribution in [0, 0.1) is 0 Å². The van der Waals surface area contributed by atoms with Crippen LogP contribution >= 0.6 is 0 Å². The van der Waals surface area contributed by atoms with Crippen LogP contribution in [0.15, 0.2) is 24.3 Å². The Balaban J connectivity index is 2.18. The topological polar surface area (TPSA) is 41.3 Å². The Kier molecular flexibility index (Phi) is 4.98. The molecule has 0 radical (unpaired) electrons. The van der Waals surface area contributed by atoms with E-state index in [-0.39, 0.29) is 0 Å². The lowest BCUT2D eigenvalue weighted by atomic mass is 10.2. The molecule has 0 heterocycles. The van der Waals surface area contributed by atoms with E-state index in [1.54, 1.807) is 0 Å². The van der Waals surface area contributed by atoms with Crippen molar-refractivity contribution >= 4 is 11.4 Å². The van der Waals surface area contributed by atoms with E-state index in [2.05, 4.69) is 24.3 Å². The summed E-state index contributed by atoms with van der Waals surface area (Å²) in [7, 11) is 4.20. The second-order valence-corrected chi connectivity index (χ2v) is 4.02. The fraction of sp³-hybridized carbons (Fsp3) is 0.500. The molecule has 0 unspecified atom stereocenters. The number of hydrogen-bond donors (Lipinski definition) is 2. The van der Waals surface area contributed by atoms with E-state index in [1.165, 1.54) is 12.8 Å². The predicted octanol–water partition coefficient (Wildman–Crippen LogP) is 2.02. The van der Waals surface area contributed by atoms with E-state index in [0.29, 0.717) is 0 Å². The van der Waals surface area contributed by atoms with Crippen molar-refractivity contribution in [3.63, 3.8) is 0 Å². The molecule has 0 saturated carbocycles. The van der Waals surface area contributed by atoms with E-state index >= 15 is 0 Å². The minimum Gasteiger partial charge on any atom is -0.397 e. The molecule has 0 amide bonds. The van der Waals surface area contributed by atoms with E-state index in [0.717, 1.165) is 24.5 Å². The summed E-state index contributed by atoms with van der Waals surface area (Å²) in [6, 6.07) is 7.88. The van der Waals surface area contributed by atoms with Crippen molar-refractivity contribution in [2.45, 2.75) is 12.8 Å². The maximum absolute atomic E-state index is 5.81. The largest absolute Gasteiger partial charge is 0.397 e. The van der Waals surface area contributed by atoms with Gasteiger partial charge in [0.1, 0.15) is 0 Å². The van der Waals surface area contributed by atoms with Crippen molar-refractivity contribution in [2.75, 3.05) is 38.2 Å². The molecule has 15 heavy (non-hydrogen) atoms. The number of rotatable bonds is 6. The number of para-hydroxylation sites is 2. The number of nitrogens with one attached hydrogen (secondary N) is 1. The molecule has 0 spiro atoms. The van der Waals surface area contributed by atoms with Crippen molar-refractivity contribution in [3.05, 3.63) is 24.3 Å². The summed E-state index contributed by atoms with van der Waals surface area (Å²) >= 11 is 0. The van der Waals surface area contributed by atoms with Gasteiger partial charge in [-0.15, -0.1) is 0 Å². The predicted molar refractivity (Wildman–Crippen MR) is 67.1 cm³/mol. The van der Waals surface area contributed by atoms with Gasteiger partial charge in [0.25, 0.3) is 0 Å². The van der Waals surface area contributed by atoms with Crippen LogP contribution in [0.1, 0.15) is 12.8 Å². The quantitative estimate of drug-likeness (QED) is 0.554. The fourth-order valence-corrected chi connectivity index (χ4v) is 1.43. The molecule has 1 aromatic rings. The maximum atomic E-state index is 5.81. The number of nitrogens with two attached hydrogens (primary N) is 1. The normalized spacial score (nSPS) is 10.6. The molecular weight excluding hydrogens is 186 g/mol. The molecule has 84 valence electrons. The van der Waals surface area contributed by atoms with Crippen LogP contribution in [-0.4, -0.2) is 32.1 Å². The van der Waals surface area contributed by atoms with Crippen molar-refractivity contribution < 1.29 is 0 Å². The van der Waals surface area contributed by atoms with Crippen molar-refractivity contribution in [1.29, 1.82) is 0 Å². The molecule has 1 aromatic carbocycles. The smallest absolute Gasteiger partial charge is 0.0573 e. The number of anilines is 2. The Morgan fingerprint density at radius 2 is 1.93 bits per heavy atom. The molecule has 0 aliphatic carbocycles. The highest BCUT2D eigenvalue weighted by atomic mass is 15.0. The van der Waals surface area contributed by atoms with Crippen molar-refractivity contribution in [1.82, 2.24) is 4.90 Å². The van der Waals surface area contributed by atoms with Gasteiger partial charge in [0.15, 0.2) is 0 Å². The van der Waals surface area contributed by atoms with E-state index in [4.69, 9.17) is 5.73 Å². The molecule has 3 nitrogen and oxygen atoms in total. The van der Waals surface area contributed by atoms with Gasteiger partial charge in [-0.2, -0.15) is 0 Å². The Labute approximate surface area is 92.3 Å². The minimum absolute atomic E-state index is 0.824. The second kappa shape index (κ2) is 6.30. The molecule has 3 heteroatoms. The van der Waals surface area contributed by atoms with Gasteiger partial charge in [-0.25, -0.2) is 0 Å². The highest BCUT2D eigenvalue weighted by molar-refractivity contribution is 5.65. The number of unbranched alkanes of at least 4 members (excludes halogenated alkanes) is 1. The highest BCUT2D eigenvalue weighted by Crippen LogP contribution is 2.16. The summed E-state index contributed by atoms with van der Waals surface area (Å²) in [6.07, 6.45) is 2.39. The molecule has 0 aromatic heterocycles. The summed E-state index contributed by atoms with van der Waals surface area (Å²) < 4.78 is 0. The summed E-state index contributed by atoms with van der Waals surface area (Å²) in [4.78, 5) is 2.21.